The number of nitrogens with zero attached hydrogens (tertiary/aromatic N) is 6. The van der Waals surface area contributed by atoms with E-state index in [1.54, 1.807) is 12.3 Å². The van der Waals surface area contributed by atoms with Crippen molar-refractivity contribution in [2.75, 3.05) is 55.5 Å². The lowest BCUT2D eigenvalue weighted by Crippen LogP contribution is -2.37. The minimum Gasteiger partial charge on any atom is -0.378 e. The Labute approximate surface area is 139 Å². The normalized spacial score (nSPS) is 14.3. The second-order valence-electron chi connectivity index (χ2n) is 5.43. The molecule has 0 atom stereocenters. The number of hydrogen-bond donors (Lipinski definition) is 1. The summed E-state index contributed by atoms with van der Waals surface area (Å²) in [5.41, 5.74) is 0.509. The highest BCUT2D eigenvalue weighted by molar-refractivity contribution is 6.03. The van der Waals surface area contributed by atoms with Crippen LogP contribution in [0.5, 0.6) is 0 Å². The minimum absolute atomic E-state index is 0.0967. The van der Waals surface area contributed by atoms with Gasteiger partial charge >= 0.3 is 0 Å². The van der Waals surface area contributed by atoms with Crippen LogP contribution in [-0.4, -0.2) is 66.2 Å². The van der Waals surface area contributed by atoms with Gasteiger partial charge in [0.1, 0.15) is 5.69 Å². The first-order valence-corrected chi connectivity index (χ1v) is 7.60. The number of carbonyl (C=O) groups excluding carboxylic acids is 1. The van der Waals surface area contributed by atoms with Gasteiger partial charge in [0.2, 0.25) is 11.8 Å². The first-order chi connectivity index (χ1) is 11.6. The van der Waals surface area contributed by atoms with Crippen molar-refractivity contribution in [3.63, 3.8) is 0 Å². The van der Waals surface area contributed by atoms with Crippen LogP contribution in [0, 0.1) is 0 Å². The predicted molar refractivity (Wildman–Crippen MR) is 89.4 cm³/mol. The van der Waals surface area contributed by atoms with Crippen molar-refractivity contribution >= 4 is 23.4 Å². The second-order valence-corrected chi connectivity index (χ2v) is 5.43. The van der Waals surface area contributed by atoms with Gasteiger partial charge in [0.05, 0.1) is 19.4 Å². The number of morpholine rings is 1. The maximum Gasteiger partial charge on any atom is 0.293 e. The van der Waals surface area contributed by atoms with E-state index in [4.69, 9.17) is 4.74 Å². The van der Waals surface area contributed by atoms with Gasteiger partial charge in [-0.3, -0.25) is 4.79 Å². The summed E-state index contributed by atoms with van der Waals surface area (Å²) in [7, 11) is 3.72. The largest absolute Gasteiger partial charge is 0.378 e. The molecule has 1 fully saturated rings. The number of anilines is 3. The van der Waals surface area contributed by atoms with E-state index >= 15 is 0 Å². The van der Waals surface area contributed by atoms with Crippen LogP contribution < -0.4 is 15.1 Å². The summed E-state index contributed by atoms with van der Waals surface area (Å²) in [4.78, 5) is 32.9. The monoisotopic (exact) mass is 329 g/mol. The van der Waals surface area contributed by atoms with Crippen LogP contribution in [0.3, 0.4) is 0 Å². The first kappa shape index (κ1) is 16.1. The molecule has 9 nitrogen and oxygen atoms in total. The lowest BCUT2D eigenvalue weighted by Gasteiger charge is -2.28. The van der Waals surface area contributed by atoms with Crippen molar-refractivity contribution in [2.45, 2.75) is 0 Å². The van der Waals surface area contributed by atoms with E-state index in [1.807, 2.05) is 19.0 Å². The first-order valence-electron chi connectivity index (χ1n) is 7.60. The number of aromatic nitrogens is 4. The maximum atomic E-state index is 12.2. The quantitative estimate of drug-likeness (QED) is 0.862. The molecule has 24 heavy (non-hydrogen) atoms. The van der Waals surface area contributed by atoms with Gasteiger partial charge in [-0.25, -0.2) is 15.0 Å². The fourth-order valence-corrected chi connectivity index (χ4v) is 2.30. The molecule has 3 rings (SSSR count). The molecule has 2 aromatic heterocycles. The SMILES string of the molecule is CN(C)c1nc(N2CCOCC2)ncc1NC(=O)c1ncccn1. The Bertz CT molecular complexity index is 702. The molecule has 126 valence electrons. The van der Waals surface area contributed by atoms with Gasteiger partial charge < -0.3 is 19.9 Å². The smallest absolute Gasteiger partial charge is 0.293 e. The van der Waals surface area contributed by atoms with Gasteiger partial charge in [-0.1, -0.05) is 0 Å². The van der Waals surface area contributed by atoms with Crippen LogP contribution in [0.4, 0.5) is 17.5 Å². The van der Waals surface area contributed by atoms with Crippen LogP contribution in [0.2, 0.25) is 0 Å². The molecule has 1 saturated heterocycles. The zero-order valence-corrected chi connectivity index (χ0v) is 13.6. The Hall–Kier alpha value is -2.81. The highest BCUT2D eigenvalue weighted by Crippen LogP contribution is 2.24. The molecule has 1 N–H and O–H groups in total. The van der Waals surface area contributed by atoms with Crippen molar-refractivity contribution in [1.82, 2.24) is 19.9 Å². The molecule has 2 aromatic rings. The molecule has 0 bridgehead atoms. The maximum absolute atomic E-state index is 12.2. The lowest BCUT2D eigenvalue weighted by molar-refractivity contribution is 0.101. The van der Waals surface area contributed by atoms with E-state index in [1.165, 1.54) is 12.4 Å². The topological polar surface area (TPSA) is 96.4 Å². The van der Waals surface area contributed by atoms with Gasteiger partial charge in [-0.2, -0.15) is 4.98 Å². The number of nitrogens with one attached hydrogen (secondary N) is 1. The fourth-order valence-electron chi connectivity index (χ4n) is 2.30. The summed E-state index contributed by atoms with van der Waals surface area (Å²) in [6.07, 6.45) is 4.65. The van der Waals surface area contributed by atoms with Crippen LogP contribution in [0.1, 0.15) is 10.6 Å². The predicted octanol–water partition coefficient (Wildman–Crippen LogP) is 0.421. The molecule has 0 radical (unpaired) electrons. The summed E-state index contributed by atoms with van der Waals surface area (Å²) in [6.45, 7) is 2.81. The molecule has 0 spiro atoms. The molecule has 9 heteroatoms. The third kappa shape index (κ3) is 3.57. The molecular formula is C15H19N7O2. The molecule has 1 aliphatic rings. The van der Waals surface area contributed by atoms with E-state index in [0.29, 0.717) is 30.7 Å². The Balaban J connectivity index is 1.83. The third-order valence-electron chi connectivity index (χ3n) is 3.49. The van der Waals surface area contributed by atoms with E-state index in [-0.39, 0.29) is 5.82 Å². The molecular weight excluding hydrogens is 310 g/mol. The van der Waals surface area contributed by atoms with Crippen molar-refractivity contribution in [2.24, 2.45) is 0 Å². The van der Waals surface area contributed by atoms with Crippen molar-refractivity contribution in [3.8, 4) is 0 Å². The third-order valence-corrected chi connectivity index (χ3v) is 3.49. The Morgan fingerprint density at radius 3 is 2.58 bits per heavy atom. The van der Waals surface area contributed by atoms with Crippen molar-refractivity contribution in [1.29, 1.82) is 0 Å². The number of carbonyl (C=O) groups is 1. The fraction of sp³-hybridized carbons (Fsp3) is 0.400. The summed E-state index contributed by atoms with van der Waals surface area (Å²) >= 11 is 0. The van der Waals surface area contributed by atoms with E-state index in [2.05, 4.69) is 30.2 Å². The molecule has 0 aliphatic carbocycles. The van der Waals surface area contributed by atoms with Crippen molar-refractivity contribution in [3.05, 3.63) is 30.5 Å². The lowest BCUT2D eigenvalue weighted by atomic mass is 10.4. The molecule has 0 saturated carbocycles. The standard InChI is InChI=1S/C15H19N7O2/c1-21(2)13-11(19-14(23)12-16-4-3-5-17-12)10-18-15(20-13)22-6-8-24-9-7-22/h3-5,10H,6-9H2,1-2H3,(H,19,23). The second kappa shape index (κ2) is 7.18. The van der Waals surface area contributed by atoms with Gasteiger partial charge in [0.25, 0.3) is 5.91 Å². The van der Waals surface area contributed by atoms with Gasteiger partial charge in [-0.15, -0.1) is 0 Å². The van der Waals surface area contributed by atoms with Gasteiger partial charge in [0, 0.05) is 39.6 Å². The zero-order chi connectivity index (χ0) is 16.9. The molecule has 0 unspecified atom stereocenters. The Morgan fingerprint density at radius 2 is 1.92 bits per heavy atom. The van der Waals surface area contributed by atoms with E-state index in [9.17, 15) is 4.79 Å². The molecule has 0 aromatic carbocycles. The Kier molecular flexibility index (Phi) is 4.80. The molecule has 3 heterocycles. The summed E-state index contributed by atoms with van der Waals surface area (Å²) in [5, 5.41) is 2.76. The van der Waals surface area contributed by atoms with Crippen LogP contribution in [0.25, 0.3) is 0 Å². The summed E-state index contributed by atoms with van der Waals surface area (Å²) in [6, 6.07) is 1.66. The molecule has 1 aliphatic heterocycles. The van der Waals surface area contributed by atoms with Crippen molar-refractivity contribution < 1.29 is 9.53 Å². The van der Waals surface area contributed by atoms with Crippen LogP contribution >= 0.6 is 0 Å². The van der Waals surface area contributed by atoms with E-state index < -0.39 is 5.91 Å². The van der Waals surface area contributed by atoms with Crippen LogP contribution in [0.15, 0.2) is 24.7 Å². The highest BCUT2D eigenvalue weighted by Gasteiger charge is 2.18. The number of ether oxygens (including phenoxy) is 1. The zero-order valence-electron chi connectivity index (χ0n) is 13.6. The number of amides is 1. The highest BCUT2D eigenvalue weighted by atomic mass is 16.5. The minimum atomic E-state index is -0.401. The number of rotatable bonds is 4. The van der Waals surface area contributed by atoms with E-state index in [0.717, 1.165) is 13.1 Å². The van der Waals surface area contributed by atoms with Gasteiger partial charge in [0.15, 0.2) is 5.82 Å². The summed E-state index contributed by atoms with van der Waals surface area (Å²) in [5.74, 6) is 0.938. The average molecular weight is 329 g/mol. The van der Waals surface area contributed by atoms with Crippen LogP contribution in [-0.2, 0) is 4.74 Å². The number of hydrogen-bond acceptors (Lipinski definition) is 8. The Morgan fingerprint density at radius 1 is 1.21 bits per heavy atom. The molecule has 1 amide bonds. The van der Waals surface area contributed by atoms with Gasteiger partial charge in [-0.05, 0) is 6.07 Å². The summed E-state index contributed by atoms with van der Waals surface area (Å²) < 4.78 is 5.35. The average Bonchev–Trinajstić information content (AvgIpc) is 2.63.